The Bertz CT molecular complexity index is 1410. The van der Waals surface area contributed by atoms with Crippen molar-refractivity contribution < 1.29 is 31.8 Å². The van der Waals surface area contributed by atoms with Crippen LogP contribution in [0.3, 0.4) is 0 Å². The summed E-state index contributed by atoms with van der Waals surface area (Å²) in [5.41, 5.74) is -1.55. The number of phenols is 1. The van der Waals surface area contributed by atoms with Crippen LogP contribution in [0.2, 0.25) is 0 Å². The van der Waals surface area contributed by atoms with Gasteiger partial charge in [-0.1, -0.05) is 30.3 Å². The predicted molar refractivity (Wildman–Crippen MR) is 116 cm³/mol. The summed E-state index contributed by atoms with van der Waals surface area (Å²) in [6, 6.07) is 9.91. The van der Waals surface area contributed by atoms with Gasteiger partial charge in [-0.3, -0.25) is 0 Å². The number of alkyl halides is 3. The molecule has 5 rings (SSSR count). The van der Waals surface area contributed by atoms with Crippen LogP contribution in [0.5, 0.6) is 5.75 Å². The monoisotopic (exact) mass is 491 g/mol. The van der Waals surface area contributed by atoms with Crippen LogP contribution in [0.25, 0.3) is 22.3 Å². The third-order valence-electron chi connectivity index (χ3n) is 5.83. The van der Waals surface area contributed by atoms with Gasteiger partial charge in [0.25, 0.3) is 0 Å². The number of benzene rings is 2. The van der Waals surface area contributed by atoms with Crippen molar-refractivity contribution in [3.8, 4) is 17.0 Å². The van der Waals surface area contributed by atoms with E-state index in [2.05, 4.69) is 15.1 Å². The molecule has 4 aromatic rings. The van der Waals surface area contributed by atoms with Crippen LogP contribution in [0.1, 0.15) is 17.2 Å². The van der Waals surface area contributed by atoms with E-state index in [1.807, 2.05) is 35.2 Å². The minimum Gasteiger partial charge on any atom is -0.503 e. The van der Waals surface area contributed by atoms with Gasteiger partial charge in [0.05, 0.1) is 24.1 Å². The molecule has 1 atom stereocenters. The second kappa shape index (κ2) is 8.45. The zero-order valence-electron chi connectivity index (χ0n) is 18.2. The summed E-state index contributed by atoms with van der Waals surface area (Å²) in [4.78, 5) is 10.7. The SMILES string of the molecule is Cn1nc(-c2cc(C(F)(F)F)c(F)c(O)c2F)c2cnc(N3CCO[C@H](c4ccccc4)C3)nc21. The summed E-state index contributed by atoms with van der Waals surface area (Å²) >= 11 is 0. The molecule has 0 saturated carbocycles. The van der Waals surface area contributed by atoms with Gasteiger partial charge in [0.2, 0.25) is 5.95 Å². The molecule has 3 heterocycles. The predicted octanol–water partition coefficient (Wildman–Crippen LogP) is 4.61. The minimum atomic E-state index is -5.15. The van der Waals surface area contributed by atoms with Crippen molar-refractivity contribution in [3.63, 3.8) is 0 Å². The van der Waals surface area contributed by atoms with Crippen LogP contribution < -0.4 is 4.90 Å². The van der Waals surface area contributed by atoms with Gasteiger partial charge in [0.1, 0.15) is 11.8 Å². The summed E-state index contributed by atoms with van der Waals surface area (Å²) < 4.78 is 75.4. The van der Waals surface area contributed by atoms with Crippen molar-refractivity contribution in [2.45, 2.75) is 12.3 Å². The highest BCUT2D eigenvalue weighted by Gasteiger charge is 2.38. The molecule has 0 spiro atoms. The van der Waals surface area contributed by atoms with E-state index in [4.69, 9.17) is 4.74 Å². The topological polar surface area (TPSA) is 76.3 Å². The van der Waals surface area contributed by atoms with Gasteiger partial charge in [-0.2, -0.15) is 23.3 Å². The molecule has 2 aromatic carbocycles. The van der Waals surface area contributed by atoms with Gasteiger partial charge in [0, 0.05) is 25.4 Å². The first-order valence-electron chi connectivity index (χ1n) is 10.5. The third-order valence-corrected chi connectivity index (χ3v) is 5.83. The number of aryl methyl sites for hydroxylation is 1. The summed E-state index contributed by atoms with van der Waals surface area (Å²) in [6.45, 7) is 1.41. The molecule has 12 heteroatoms. The van der Waals surface area contributed by atoms with E-state index in [-0.39, 0.29) is 28.9 Å². The minimum absolute atomic E-state index is 0.141. The molecule has 182 valence electrons. The number of fused-ring (bicyclic) bond motifs is 1. The molecule has 1 aliphatic heterocycles. The molecule has 1 saturated heterocycles. The zero-order valence-corrected chi connectivity index (χ0v) is 18.2. The van der Waals surface area contributed by atoms with E-state index in [0.29, 0.717) is 25.6 Å². The Kier molecular flexibility index (Phi) is 5.55. The largest absolute Gasteiger partial charge is 0.503 e. The van der Waals surface area contributed by atoms with E-state index < -0.39 is 34.7 Å². The van der Waals surface area contributed by atoms with Crippen molar-refractivity contribution in [2.75, 3.05) is 24.6 Å². The van der Waals surface area contributed by atoms with Gasteiger partial charge in [0.15, 0.2) is 23.0 Å². The van der Waals surface area contributed by atoms with Gasteiger partial charge < -0.3 is 14.7 Å². The molecule has 7 nitrogen and oxygen atoms in total. The Morgan fingerprint density at radius 2 is 1.86 bits per heavy atom. The zero-order chi connectivity index (χ0) is 24.9. The van der Waals surface area contributed by atoms with E-state index >= 15 is 0 Å². The molecule has 2 aromatic heterocycles. The van der Waals surface area contributed by atoms with Crippen molar-refractivity contribution >= 4 is 17.0 Å². The average molecular weight is 491 g/mol. The number of hydrogen-bond donors (Lipinski definition) is 1. The lowest BCUT2D eigenvalue weighted by molar-refractivity contribution is -0.140. The fourth-order valence-electron chi connectivity index (χ4n) is 4.08. The van der Waals surface area contributed by atoms with Crippen LogP contribution in [0, 0.1) is 11.6 Å². The van der Waals surface area contributed by atoms with Crippen LogP contribution in [0.4, 0.5) is 27.9 Å². The fraction of sp³-hybridized carbons (Fsp3) is 0.261. The van der Waals surface area contributed by atoms with Gasteiger partial charge in [-0.05, 0) is 11.6 Å². The number of anilines is 1. The quantitative estimate of drug-likeness (QED) is 0.422. The number of aromatic nitrogens is 4. The van der Waals surface area contributed by atoms with Crippen LogP contribution >= 0.6 is 0 Å². The van der Waals surface area contributed by atoms with Crippen molar-refractivity contribution in [2.24, 2.45) is 7.05 Å². The Morgan fingerprint density at radius 3 is 2.57 bits per heavy atom. The van der Waals surface area contributed by atoms with Gasteiger partial charge in [-0.15, -0.1) is 0 Å². The van der Waals surface area contributed by atoms with E-state index in [1.165, 1.54) is 17.9 Å². The summed E-state index contributed by atoms with van der Waals surface area (Å²) in [6.07, 6.45) is -4.03. The number of morpholine rings is 1. The van der Waals surface area contributed by atoms with Gasteiger partial charge in [-0.25, -0.2) is 18.4 Å². The second-order valence-corrected chi connectivity index (χ2v) is 8.04. The Labute approximate surface area is 195 Å². The maximum Gasteiger partial charge on any atom is 0.419 e. The second-order valence-electron chi connectivity index (χ2n) is 8.04. The first-order valence-corrected chi connectivity index (χ1v) is 10.5. The van der Waals surface area contributed by atoms with Crippen LogP contribution in [-0.4, -0.2) is 44.6 Å². The molecule has 35 heavy (non-hydrogen) atoms. The molecule has 1 aliphatic rings. The van der Waals surface area contributed by atoms with E-state index in [9.17, 15) is 27.1 Å². The van der Waals surface area contributed by atoms with Crippen LogP contribution in [-0.2, 0) is 18.0 Å². The summed E-state index contributed by atoms with van der Waals surface area (Å²) in [5, 5.41) is 13.9. The number of nitrogens with zero attached hydrogens (tertiary/aromatic N) is 5. The molecular formula is C23H18F5N5O2. The highest BCUT2D eigenvalue weighted by molar-refractivity contribution is 5.91. The number of phenolic OH excluding ortho intramolecular Hbond substituents is 1. The highest BCUT2D eigenvalue weighted by atomic mass is 19.4. The maximum absolute atomic E-state index is 14.7. The number of ether oxygens (including phenoxy) is 1. The number of hydrogen-bond acceptors (Lipinski definition) is 6. The summed E-state index contributed by atoms with van der Waals surface area (Å²) in [7, 11) is 1.49. The number of rotatable bonds is 3. The fourth-order valence-corrected chi connectivity index (χ4v) is 4.08. The van der Waals surface area contributed by atoms with E-state index in [1.54, 1.807) is 0 Å². The molecule has 0 amide bonds. The lowest BCUT2D eigenvalue weighted by Crippen LogP contribution is -2.39. The summed E-state index contributed by atoms with van der Waals surface area (Å²) in [5.74, 6) is -5.03. The molecule has 1 fully saturated rings. The number of aromatic hydroxyl groups is 1. The lowest BCUT2D eigenvalue weighted by Gasteiger charge is -2.33. The number of halogens is 5. The smallest absolute Gasteiger partial charge is 0.419 e. The Morgan fingerprint density at radius 1 is 1.11 bits per heavy atom. The van der Waals surface area contributed by atoms with E-state index in [0.717, 1.165) is 5.56 Å². The first-order chi connectivity index (χ1) is 16.6. The van der Waals surface area contributed by atoms with Crippen molar-refractivity contribution in [1.29, 1.82) is 0 Å². The van der Waals surface area contributed by atoms with Crippen molar-refractivity contribution in [1.82, 2.24) is 19.7 Å². The Hall–Kier alpha value is -3.80. The third kappa shape index (κ3) is 4.03. The molecule has 1 N–H and O–H groups in total. The molecule has 0 unspecified atom stereocenters. The highest BCUT2D eigenvalue weighted by Crippen LogP contribution is 2.41. The maximum atomic E-state index is 14.7. The first kappa shape index (κ1) is 23.0. The van der Waals surface area contributed by atoms with Crippen molar-refractivity contribution in [3.05, 3.63) is 65.4 Å². The standard InChI is InChI=1S/C23H18F5N5O2/c1-32-21-14(19(31-32)13-9-15(23(26,27)28)18(25)20(34)17(13)24)10-29-22(30-21)33-7-8-35-16(11-33)12-5-3-2-4-6-12/h2-6,9-10,16,34H,7-8,11H2,1H3/t16-/m0/s1. The average Bonchev–Trinajstić information content (AvgIpc) is 3.18. The molecular weight excluding hydrogens is 473 g/mol. The van der Waals surface area contributed by atoms with Gasteiger partial charge >= 0.3 is 6.18 Å². The molecule has 0 aliphatic carbocycles. The molecule has 0 bridgehead atoms. The van der Waals surface area contributed by atoms with Crippen LogP contribution in [0.15, 0.2) is 42.6 Å². The normalized spacial score (nSPS) is 16.7. The Balaban J connectivity index is 1.54. The molecule has 0 radical (unpaired) electrons. The lowest BCUT2D eigenvalue weighted by atomic mass is 10.0.